The summed E-state index contributed by atoms with van der Waals surface area (Å²) in [4.78, 5) is 10.4. The van der Waals surface area contributed by atoms with E-state index in [9.17, 15) is 5.11 Å². The summed E-state index contributed by atoms with van der Waals surface area (Å²) in [7, 11) is 0. The second-order valence-corrected chi connectivity index (χ2v) is 4.55. The number of hydrogen-bond acceptors (Lipinski definition) is 4. The number of aromatic nitrogens is 2. The maximum Gasteiger partial charge on any atom is 0.139 e. The Morgan fingerprint density at radius 3 is 2.53 bits per heavy atom. The van der Waals surface area contributed by atoms with Crippen molar-refractivity contribution in [2.75, 3.05) is 11.4 Å². The van der Waals surface area contributed by atoms with Gasteiger partial charge in [-0.15, -0.1) is 0 Å². The molecule has 0 aliphatic rings. The van der Waals surface area contributed by atoms with Crippen molar-refractivity contribution in [2.45, 2.75) is 39.7 Å². The summed E-state index contributed by atoms with van der Waals surface area (Å²) in [6.07, 6.45) is 2.83. The summed E-state index contributed by atoms with van der Waals surface area (Å²) < 4.78 is 0. The first kappa shape index (κ1) is 13.6. The van der Waals surface area contributed by atoms with Gasteiger partial charge in [-0.05, 0) is 26.0 Å². The van der Waals surface area contributed by atoms with Crippen LogP contribution in [0.15, 0.2) is 19.1 Å². The highest BCUT2D eigenvalue weighted by molar-refractivity contribution is 5.50. The van der Waals surface area contributed by atoms with Crippen LogP contribution in [0.4, 0.5) is 5.82 Å². The van der Waals surface area contributed by atoms with Crippen LogP contribution < -0.4 is 4.90 Å². The van der Waals surface area contributed by atoms with Crippen LogP contribution in [0.2, 0.25) is 0 Å². The highest BCUT2D eigenvalue weighted by Crippen LogP contribution is 2.24. The van der Waals surface area contributed by atoms with Crippen LogP contribution in [0.5, 0.6) is 0 Å². The van der Waals surface area contributed by atoms with Gasteiger partial charge in [0, 0.05) is 12.1 Å². The standard InChI is InChI=1S/C13H21N3O/c1-6-16(7-10(4)17)13-11(5)12(9(2)3)14-8-15-13/h6,8-10,17H,1,7H2,2-5H3/t10-/m1/s1. The smallest absolute Gasteiger partial charge is 0.139 e. The summed E-state index contributed by atoms with van der Waals surface area (Å²) >= 11 is 0. The van der Waals surface area contributed by atoms with Gasteiger partial charge in [0.25, 0.3) is 0 Å². The van der Waals surface area contributed by atoms with Crippen molar-refractivity contribution in [3.8, 4) is 0 Å². The minimum atomic E-state index is -0.426. The maximum atomic E-state index is 9.45. The van der Waals surface area contributed by atoms with Crippen molar-refractivity contribution >= 4 is 5.82 Å². The Bertz CT molecular complexity index is 388. The van der Waals surface area contributed by atoms with Crippen LogP contribution in [-0.4, -0.2) is 27.7 Å². The molecule has 0 radical (unpaired) electrons. The van der Waals surface area contributed by atoms with E-state index in [0.717, 1.165) is 17.1 Å². The number of rotatable bonds is 5. The van der Waals surface area contributed by atoms with Crippen LogP contribution in [0, 0.1) is 6.92 Å². The molecule has 1 heterocycles. The first-order valence-electron chi connectivity index (χ1n) is 5.86. The zero-order chi connectivity index (χ0) is 13.0. The van der Waals surface area contributed by atoms with Crippen molar-refractivity contribution in [1.29, 1.82) is 0 Å². The Hall–Kier alpha value is -1.42. The molecule has 0 aliphatic heterocycles. The van der Waals surface area contributed by atoms with Crippen molar-refractivity contribution < 1.29 is 5.11 Å². The highest BCUT2D eigenvalue weighted by Gasteiger charge is 2.15. The number of aliphatic hydroxyl groups is 1. The SMILES string of the molecule is C=CN(C[C@@H](C)O)c1ncnc(C(C)C)c1C. The van der Waals surface area contributed by atoms with Gasteiger partial charge in [0.15, 0.2) is 0 Å². The van der Waals surface area contributed by atoms with Gasteiger partial charge < -0.3 is 10.0 Å². The summed E-state index contributed by atoms with van der Waals surface area (Å²) in [5, 5.41) is 9.45. The van der Waals surface area contributed by atoms with E-state index in [1.54, 1.807) is 19.5 Å². The van der Waals surface area contributed by atoms with E-state index in [1.165, 1.54) is 0 Å². The zero-order valence-electron chi connectivity index (χ0n) is 11.0. The van der Waals surface area contributed by atoms with E-state index in [0.29, 0.717) is 12.5 Å². The van der Waals surface area contributed by atoms with Gasteiger partial charge in [-0.2, -0.15) is 0 Å². The molecular weight excluding hydrogens is 214 g/mol. The number of hydrogen-bond donors (Lipinski definition) is 1. The molecule has 0 aliphatic carbocycles. The fourth-order valence-electron chi connectivity index (χ4n) is 1.86. The molecule has 1 N–H and O–H groups in total. The topological polar surface area (TPSA) is 49.2 Å². The number of anilines is 1. The molecule has 4 heteroatoms. The molecule has 0 fully saturated rings. The Morgan fingerprint density at radius 1 is 1.41 bits per heavy atom. The maximum absolute atomic E-state index is 9.45. The first-order valence-corrected chi connectivity index (χ1v) is 5.86. The minimum absolute atomic E-state index is 0.356. The molecule has 4 nitrogen and oxygen atoms in total. The third-order valence-corrected chi connectivity index (χ3v) is 2.60. The van der Waals surface area contributed by atoms with E-state index in [4.69, 9.17) is 0 Å². The summed E-state index contributed by atoms with van der Waals surface area (Å²) in [6.45, 7) is 12.2. The molecule has 1 rings (SSSR count). The third-order valence-electron chi connectivity index (χ3n) is 2.60. The summed E-state index contributed by atoms with van der Waals surface area (Å²) in [5.74, 6) is 1.18. The van der Waals surface area contributed by atoms with Crippen LogP contribution in [0.25, 0.3) is 0 Å². The van der Waals surface area contributed by atoms with E-state index in [1.807, 2.05) is 11.8 Å². The van der Waals surface area contributed by atoms with E-state index in [2.05, 4.69) is 30.4 Å². The largest absolute Gasteiger partial charge is 0.392 e. The summed E-state index contributed by atoms with van der Waals surface area (Å²) in [6, 6.07) is 0. The zero-order valence-corrected chi connectivity index (χ0v) is 11.0. The van der Waals surface area contributed by atoms with E-state index >= 15 is 0 Å². The lowest BCUT2D eigenvalue weighted by molar-refractivity contribution is 0.202. The Labute approximate surface area is 103 Å². The van der Waals surface area contributed by atoms with Crippen LogP contribution >= 0.6 is 0 Å². The number of nitrogens with zero attached hydrogens (tertiary/aromatic N) is 3. The average Bonchev–Trinajstić information content (AvgIpc) is 2.26. The van der Waals surface area contributed by atoms with Gasteiger partial charge in [0.05, 0.1) is 11.8 Å². The predicted octanol–water partition coefficient (Wildman–Crippen LogP) is 2.24. The van der Waals surface area contributed by atoms with Crippen molar-refractivity contribution in [1.82, 2.24) is 9.97 Å². The molecule has 0 amide bonds. The molecule has 0 unspecified atom stereocenters. The normalized spacial score (nSPS) is 12.6. The molecule has 1 atom stereocenters. The molecule has 0 aromatic carbocycles. The lowest BCUT2D eigenvalue weighted by atomic mass is 10.1. The second kappa shape index (κ2) is 5.77. The molecule has 17 heavy (non-hydrogen) atoms. The molecule has 1 aromatic heterocycles. The molecule has 0 saturated carbocycles. The van der Waals surface area contributed by atoms with Crippen LogP contribution in [0.1, 0.15) is 37.9 Å². The van der Waals surface area contributed by atoms with Gasteiger partial charge in [0.2, 0.25) is 0 Å². The fourth-order valence-corrected chi connectivity index (χ4v) is 1.86. The molecular formula is C13H21N3O. The van der Waals surface area contributed by atoms with E-state index in [-0.39, 0.29) is 0 Å². The van der Waals surface area contributed by atoms with Crippen molar-refractivity contribution in [3.05, 3.63) is 30.4 Å². The first-order chi connectivity index (χ1) is 7.97. The Kier molecular flexibility index (Phi) is 4.63. The van der Waals surface area contributed by atoms with E-state index < -0.39 is 6.10 Å². The lowest BCUT2D eigenvalue weighted by Crippen LogP contribution is -2.27. The monoisotopic (exact) mass is 235 g/mol. The highest BCUT2D eigenvalue weighted by atomic mass is 16.3. The van der Waals surface area contributed by atoms with Gasteiger partial charge in [0.1, 0.15) is 12.1 Å². The quantitative estimate of drug-likeness (QED) is 0.850. The molecule has 0 saturated heterocycles. The van der Waals surface area contributed by atoms with Crippen LogP contribution in [0.3, 0.4) is 0 Å². The summed E-state index contributed by atoms with van der Waals surface area (Å²) in [5.41, 5.74) is 2.08. The predicted molar refractivity (Wildman–Crippen MR) is 70.1 cm³/mol. The van der Waals surface area contributed by atoms with Crippen molar-refractivity contribution in [3.63, 3.8) is 0 Å². The second-order valence-electron chi connectivity index (χ2n) is 4.55. The van der Waals surface area contributed by atoms with Crippen LogP contribution in [-0.2, 0) is 0 Å². The molecule has 94 valence electrons. The van der Waals surface area contributed by atoms with Gasteiger partial charge >= 0.3 is 0 Å². The third kappa shape index (κ3) is 3.27. The van der Waals surface area contributed by atoms with Crippen molar-refractivity contribution in [2.24, 2.45) is 0 Å². The minimum Gasteiger partial charge on any atom is -0.392 e. The molecule has 0 spiro atoms. The van der Waals surface area contributed by atoms with Gasteiger partial charge in [-0.25, -0.2) is 9.97 Å². The number of aliphatic hydroxyl groups excluding tert-OH is 1. The lowest BCUT2D eigenvalue weighted by Gasteiger charge is -2.23. The molecule has 0 bridgehead atoms. The van der Waals surface area contributed by atoms with Gasteiger partial charge in [-0.1, -0.05) is 20.4 Å². The Balaban J connectivity index is 3.11. The average molecular weight is 235 g/mol. The fraction of sp³-hybridized carbons (Fsp3) is 0.538. The Morgan fingerprint density at radius 2 is 2.06 bits per heavy atom. The van der Waals surface area contributed by atoms with Gasteiger partial charge in [-0.3, -0.25) is 0 Å². The molecule has 1 aromatic rings.